The zero-order valence-electron chi connectivity index (χ0n) is 15.3. The number of amides is 2. The first-order chi connectivity index (χ1) is 13.6. The van der Waals surface area contributed by atoms with Crippen molar-refractivity contribution < 1.29 is 14.9 Å². The normalized spacial score (nSPS) is 13.9. The molecule has 5 N–H and O–H groups in total. The predicted molar refractivity (Wildman–Crippen MR) is 113 cm³/mol. The number of carbonyl (C=O) groups excluding carboxylic acids is 2. The van der Waals surface area contributed by atoms with Gasteiger partial charge in [-0.15, -0.1) is 22.7 Å². The molecule has 0 fully saturated rings. The maximum absolute atomic E-state index is 12.6. The summed E-state index contributed by atoms with van der Waals surface area (Å²) in [5.41, 5.74) is 8.27. The second-order valence-corrected chi connectivity index (χ2v) is 8.90. The Hall–Kier alpha value is -2.48. The van der Waals surface area contributed by atoms with Crippen molar-refractivity contribution in [3.63, 3.8) is 0 Å². The average molecular weight is 413 g/mol. The summed E-state index contributed by atoms with van der Waals surface area (Å²) in [6, 6.07) is 14.3. The fourth-order valence-electron chi connectivity index (χ4n) is 3.70. The summed E-state index contributed by atoms with van der Waals surface area (Å²) in [6.07, 6.45) is 2.86. The summed E-state index contributed by atoms with van der Waals surface area (Å²) >= 11 is 3.17. The van der Waals surface area contributed by atoms with Gasteiger partial charge >= 0.3 is 0 Å². The molecule has 0 saturated carbocycles. The van der Waals surface area contributed by atoms with Crippen molar-refractivity contribution in [3.8, 4) is 0 Å². The number of carbonyl (C=O) groups is 2. The number of anilines is 1. The SMILES string of the molecule is NC(=O)c1c(NC(=O)C[NH2+][C@H](c2ccccc2)c2cccs2)sc2c1CCC2. The third-order valence-corrected chi connectivity index (χ3v) is 7.13. The Labute approximate surface area is 171 Å². The molecule has 1 aliphatic rings. The number of fused-ring (bicyclic) bond motifs is 1. The van der Waals surface area contributed by atoms with Crippen LogP contribution in [-0.4, -0.2) is 18.4 Å². The molecule has 0 saturated heterocycles. The number of nitrogens with two attached hydrogens (primary N) is 2. The van der Waals surface area contributed by atoms with Gasteiger partial charge in [-0.05, 0) is 36.3 Å². The zero-order valence-corrected chi connectivity index (χ0v) is 16.9. The first-order valence-corrected chi connectivity index (χ1v) is 11.0. The van der Waals surface area contributed by atoms with Crippen molar-refractivity contribution in [1.29, 1.82) is 0 Å². The highest BCUT2D eigenvalue weighted by Crippen LogP contribution is 2.38. The van der Waals surface area contributed by atoms with E-state index in [2.05, 4.69) is 23.5 Å². The van der Waals surface area contributed by atoms with E-state index in [0.29, 0.717) is 10.6 Å². The molecule has 0 spiro atoms. The Morgan fingerprint density at radius 2 is 1.96 bits per heavy atom. The van der Waals surface area contributed by atoms with E-state index < -0.39 is 5.91 Å². The fraction of sp³-hybridized carbons (Fsp3) is 0.238. The van der Waals surface area contributed by atoms with E-state index in [1.54, 1.807) is 11.3 Å². The number of hydrogen-bond donors (Lipinski definition) is 3. The molecule has 0 bridgehead atoms. The van der Waals surface area contributed by atoms with Crippen LogP contribution in [0.1, 0.15) is 43.7 Å². The van der Waals surface area contributed by atoms with Crippen LogP contribution in [0.25, 0.3) is 0 Å². The molecule has 4 rings (SSSR count). The van der Waals surface area contributed by atoms with Crippen molar-refractivity contribution in [2.75, 3.05) is 11.9 Å². The molecule has 1 aliphatic carbocycles. The molecular weight excluding hydrogens is 390 g/mol. The van der Waals surface area contributed by atoms with Crippen molar-refractivity contribution >= 4 is 39.5 Å². The topological polar surface area (TPSA) is 88.8 Å². The summed E-state index contributed by atoms with van der Waals surface area (Å²) in [6.45, 7) is 0.262. The molecule has 5 nitrogen and oxygen atoms in total. The van der Waals surface area contributed by atoms with Gasteiger partial charge in [-0.2, -0.15) is 0 Å². The van der Waals surface area contributed by atoms with E-state index in [0.717, 1.165) is 30.4 Å². The minimum atomic E-state index is -0.459. The van der Waals surface area contributed by atoms with Gasteiger partial charge in [-0.3, -0.25) is 9.59 Å². The monoisotopic (exact) mass is 412 g/mol. The third-order valence-electron chi connectivity index (χ3n) is 4.97. The maximum Gasteiger partial charge on any atom is 0.280 e. The van der Waals surface area contributed by atoms with E-state index in [9.17, 15) is 9.59 Å². The fourth-order valence-corrected chi connectivity index (χ4v) is 5.86. The molecule has 1 atom stereocenters. The molecule has 0 aliphatic heterocycles. The number of rotatable bonds is 7. The average Bonchev–Trinajstić information content (AvgIpc) is 3.40. The Morgan fingerprint density at radius 1 is 1.14 bits per heavy atom. The first kappa shape index (κ1) is 18.9. The van der Waals surface area contributed by atoms with Gasteiger partial charge in [0.15, 0.2) is 6.54 Å². The van der Waals surface area contributed by atoms with Crippen LogP contribution in [0.4, 0.5) is 5.00 Å². The van der Waals surface area contributed by atoms with E-state index >= 15 is 0 Å². The molecule has 0 unspecified atom stereocenters. The molecule has 3 aromatic rings. The number of aryl methyl sites for hydroxylation is 1. The molecule has 7 heteroatoms. The van der Waals surface area contributed by atoms with Gasteiger partial charge in [0, 0.05) is 10.4 Å². The summed E-state index contributed by atoms with van der Waals surface area (Å²) in [7, 11) is 0. The van der Waals surface area contributed by atoms with Gasteiger partial charge in [0.2, 0.25) is 0 Å². The minimum absolute atomic E-state index is 0.0657. The van der Waals surface area contributed by atoms with Crippen LogP contribution in [0.15, 0.2) is 47.8 Å². The van der Waals surface area contributed by atoms with Gasteiger partial charge < -0.3 is 16.4 Å². The molecule has 2 heterocycles. The lowest BCUT2D eigenvalue weighted by molar-refractivity contribution is -0.675. The number of primary amides is 1. The molecule has 28 heavy (non-hydrogen) atoms. The lowest BCUT2D eigenvalue weighted by Crippen LogP contribution is -2.87. The van der Waals surface area contributed by atoms with Crippen LogP contribution in [0.5, 0.6) is 0 Å². The summed E-state index contributed by atoms with van der Waals surface area (Å²) in [4.78, 5) is 26.9. The van der Waals surface area contributed by atoms with Crippen molar-refractivity contribution in [1.82, 2.24) is 0 Å². The summed E-state index contributed by atoms with van der Waals surface area (Å²) < 4.78 is 0. The van der Waals surface area contributed by atoms with E-state index in [1.165, 1.54) is 21.1 Å². The summed E-state index contributed by atoms with van der Waals surface area (Å²) in [5, 5.41) is 7.60. The van der Waals surface area contributed by atoms with Crippen LogP contribution >= 0.6 is 22.7 Å². The first-order valence-electron chi connectivity index (χ1n) is 9.29. The minimum Gasteiger partial charge on any atom is -0.365 e. The van der Waals surface area contributed by atoms with Gasteiger partial charge in [0.1, 0.15) is 11.0 Å². The Kier molecular flexibility index (Phi) is 5.57. The highest BCUT2D eigenvalue weighted by atomic mass is 32.1. The standard InChI is InChI=1S/C21H21N3O2S2/c22-20(26)18-14-8-4-9-15(14)28-21(18)24-17(25)12-23-19(16-10-5-11-27-16)13-6-2-1-3-7-13/h1-3,5-7,10-11,19,23H,4,8-9,12H2,(H2,22,26)(H,24,25)/p+1/t19-/m1/s1. The molecule has 2 amide bonds. The van der Waals surface area contributed by atoms with E-state index in [1.807, 2.05) is 35.0 Å². The van der Waals surface area contributed by atoms with Gasteiger partial charge in [0.25, 0.3) is 11.8 Å². The molecule has 1 aromatic carbocycles. The van der Waals surface area contributed by atoms with E-state index in [-0.39, 0.29) is 18.5 Å². The highest BCUT2D eigenvalue weighted by Gasteiger charge is 2.27. The smallest absolute Gasteiger partial charge is 0.280 e. The van der Waals surface area contributed by atoms with Crippen LogP contribution in [-0.2, 0) is 17.6 Å². The van der Waals surface area contributed by atoms with Crippen molar-refractivity contribution in [2.45, 2.75) is 25.3 Å². The molecule has 2 aromatic heterocycles. The van der Waals surface area contributed by atoms with Gasteiger partial charge in [-0.25, -0.2) is 0 Å². The van der Waals surface area contributed by atoms with Crippen LogP contribution < -0.4 is 16.4 Å². The number of quaternary nitrogens is 1. The van der Waals surface area contributed by atoms with Crippen LogP contribution in [0, 0.1) is 0 Å². The summed E-state index contributed by atoms with van der Waals surface area (Å²) in [5.74, 6) is -0.584. The van der Waals surface area contributed by atoms with Gasteiger partial charge in [-0.1, -0.05) is 36.4 Å². The maximum atomic E-state index is 12.6. The van der Waals surface area contributed by atoms with Crippen LogP contribution in [0.2, 0.25) is 0 Å². The molecule has 0 radical (unpaired) electrons. The largest absolute Gasteiger partial charge is 0.365 e. The number of nitrogens with one attached hydrogen (secondary N) is 1. The Morgan fingerprint density at radius 3 is 2.68 bits per heavy atom. The lowest BCUT2D eigenvalue weighted by atomic mass is 10.1. The number of hydrogen-bond acceptors (Lipinski definition) is 4. The Balaban J connectivity index is 1.47. The molecular formula is C21H22N3O2S2+. The number of thiophene rings is 2. The third kappa shape index (κ3) is 3.87. The van der Waals surface area contributed by atoms with Crippen molar-refractivity contribution in [2.24, 2.45) is 5.73 Å². The van der Waals surface area contributed by atoms with Crippen molar-refractivity contribution in [3.05, 3.63) is 74.3 Å². The number of benzene rings is 1. The lowest BCUT2D eigenvalue weighted by Gasteiger charge is -2.14. The predicted octanol–water partition coefficient (Wildman–Crippen LogP) is 2.69. The molecule has 144 valence electrons. The van der Waals surface area contributed by atoms with Crippen LogP contribution in [0.3, 0.4) is 0 Å². The second kappa shape index (κ2) is 8.26. The zero-order chi connectivity index (χ0) is 19.5. The second-order valence-electron chi connectivity index (χ2n) is 6.82. The Bertz CT molecular complexity index is 981. The quantitative estimate of drug-likeness (QED) is 0.557. The highest BCUT2D eigenvalue weighted by molar-refractivity contribution is 7.17. The van der Waals surface area contributed by atoms with E-state index in [4.69, 9.17) is 5.73 Å². The van der Waals surface area contributed by atoms with Gasteiger partial charge in [0.05, 0.1) is 10.4 Å².